The van der Waals surface area contributed by atoms with Crippen molar-refractivity contribution in [1.82, 2.24) is 10.2 Å². The van der Waals surface area contributed by atoms with Crippen molar-refractivity contribution >= 4 is 6.09 Å². The number of nitrogens with zero attached hydrogens (tertiary/aromatic N) is 1. The summed E-state index contributed by atoms with van der Waals surface area (Å²) in [5.74, 6) is 0. The summed E-state index contributed by atoms with van der Waals surface area (Å²) in [6.45, 7) is 6.18. The molecule has 0 unspecified atom stereocenters. The van der Waals surface area contributed by atoms with E-state index in [1.807, 2.05) is 35.2 Å². The van der Waals surface area contributed by atoms with E-state index in [4.69, 9.17) is 4.74 Å². The van der Waals surface area contributed by atoms with Crippen LogP contribution in [0.15, 0.2) is 30.3 Å². The van der Waals surface area contributed by atoms with E-state index in [9.17, 15) is 4.79 Å². The van der Waals surface area contributed by atoms with Gasteiger partial charge in [0.05, 0.1) is 0 Å². The monoisotopic (exact) mass is 276 g/mol. The molecule has 2 rings (SSSR count). The van der Waals surface area contributed by atoms with E-state index in [1.54, 1.807) is 0 Å². The summed E-state index contributed by atoms with van der Waals surface area (Å²) in [7, 11) is 0. The molecular formula is C16H24N2O2. The molecule has 1 N–H and O–H groups in total. The van der Waals surface area contributed by atoms with E-state index in [0.29, 0.717) is 12.6 Å². The highest BCUT2D eigenvalue weighted by Gasteiger charge is 2.30. The molecule has 20 heavy (non-hydrogen) atoms. The normalized spacial score (nSPS) is 22.6. The molecule has 1 heterocycles. The number of amides is 1. The van der Waals surface area contributed by atoms with E-state index < -0.39 is 0 Å². The Morgan fingerprint density at radius 3 is 2.70 bits per heavy atom. The Bertz CT molecular complexity index is 422. The van der Waals surface area contributed by atoms with Crippen LogP contribution in [-0.2, 0) is 11.3 Å². The lowest BCUT2D eigenvalue weighted by atomic mass is 10.1. The first-order valence-electron chi connectivity index (χ1n) is 7.45. The molecule has 0 saturated carbocycles. The van der Waals surface area contributed by atoms with E-state index in [-0.39, 0.29) is 12.1 Å². The largest absolute Gasteiger partial charge is 0.445 e. The second-order valence-electron chi connectivity index (χ2n) is 5.27. The minimum Gasteiger partial charge on any atom is -0.445 e. The summed E-state index contributed by atoms with van der Waals surface area (Å²) in [5, 5.41) is 3.48. The summed E-state index contributed by atoms with van der Waals surface area (Å²) >= 11 is 0. The van der Waals surface area contributed by atoms with Gasteiger partial charge in [0, 0.05) is 25.2 Å². The lowest BCUT2D eigenvalue weighted by Gasteiger charge is -2.39. The highest BCUT2D eigenvalue weighted by atomic mass is 16.6. The van der Waals surface area contributed by atoms with Gasteiger partial charge in [-0.3, -0.25) is 0 Å². The second kappa shape index (κ2) is 7.29. The Morgan fingerprint density at radius 2 is 2.05 bits per heavy atom. The van der Waals surface area contributed by atoms with Crippen LogP contribution in [0.3, 0.4) is 0 Å². The van der Waals surface area contributed by atoms with Crippen molar-refractivity contribution in [3.63, 3.8) is 0 Å². The molecule has 1 aromatic rings. The van der Waals surface area contributed by atoms with E-state index >= 15 is 0 Å². The SMILES string of the molecule is CC[C@H]1CN(C(=O)OCc2ccccc2)[C@@H](CC)CN1. The number of carbonyl (C=O) groups excluding carboxylic acids is 1. The van der Waals surface area contributed by atoms with Crippen LogP contribution in [0.25, 0.3) is 0 Å². The van der Waals surface area contributed by atoms with Crippen molar-refractivity contribution in [2.75, 3.05) is 13.1 Å². The number of hydrogen-bond acceptors (Lipinski definition) is 3. The molecule has 1 aromatic carbocycles. The third-order valence-corrected chi connectivity index (χ3v) is 3.90. The van der Waals surface area contributed by atoms with Gasteiger partial charge < -0.3 is 15.0 Å². The Balaban J connectivity index is 1.91. The molecule has 0 radical (unpaired) electrons. The summed E-state index contributed by atoms with van der Waals surface area (Å²) in [6, 6.07) is 10.4. The maximum absolute atomic E-state index is 12.3. The van der Waals surface area contributed by atoms with Gasteiger partial charge in [0.25, 0.3) is 0 Å². The van der Waals surface area contributed by atoms with Crippen LogP contribution in [0, 0.1) is 0 Å². The maximum Gasteiger partial charge on any atom is 0.410 e. The molecule has 0 spiro atoms. The van der Waals surface area contributed by atoms with Gasteiger partial charge in [-0.05, 0) is 18.4 Å². The number of ether oxygens (including phenoxy) is 1. The van der Waals surface area contributed by atoms with Crippen molar-refractivity contribution < 1.29 is 9.53 Å². The smallest absolute Gasteiger partial charge is 0.410 e. The van der Waals surface area contributed by atoms with E-state index in [0.717, 1.165) is 31.5 Å². The molecule has 4 heteroatoms. The van der Waals surface area contributed by atoms with Gasteiger partial charge in [-0.15, -0.1) is 0 Å². The van der Waals surface area contributed by atoms with Crippen molar-refractivity contribution in [3.05, 3.63) is 35.9 Å². The van der Waals surface area contributed by atoms with Gasteiger partial charge in [0.15, 0.2) is 0 Å². The topological polar surface area (TPSA) is 41.6 Å². The fourth-order valence-corrected chi connectivity index (χ4v) is 2.53. The Morgan fingerprint density at radius 1 is 1.30 bits per heavy atom. The molecule has 110 valence electrons. The molecule has 1 aliphatic heterocycles. The third kappa shape index (κ3) is 3.73. The van der Waals surface area contributed by atoms with Gasteiger partial charge in [-0.2, -0.15) is 0 Å². The van der Waals surface area contributed by atoms with Gasteiger partial charge in [-0.25, -0.2) is 4.79 Å². The Hall–Kier alpha value is -1.55. The molecule has 2 atom stereocenters. The average Bonchev–Trinajstić information content (AvgIpc) is 2.52. The highest BCUT2D eigenvalue weighted by molar-refractivity contribution is 5.68. The standard InChI is InChI=1S/C16H24N2O2/c1-3-14-11-18(15(4-2)10-17-14)16(19)20-12-13-8-6-5-7-9-13/h5-9,14-15,17H,3-4,10-12H2,1-2H3/t14-,15-/m0/s1. The lowest BCUT2D eigenvalue weighted by molar-refractivity contribution is 0.0616. The molecule has 1 amide bonds. The van der Waals surface area contributed by atoms with Crippen LogP contribution in [0.5, 0.6) is 0 Å². The first-order chi connectivity index (χ1) is 9.74. The Labute approximate surface area is 121 Å². The first kappa shape index (κ1) is 14.9. The molecule has 1 fully saturated rings. The maximum atomic E-state index is 12.3. The van der Waals surface area contributed by atoms with E-state index in [2.05, 4.69) is 19.2 Å². The van der Waals surface area contributed by atoms with Crippen LogP contribution in [-0.4, -0.2) is 36.2 Å². The van der Waals surface area contributed by atoms with Crippen molar-refractivity contribution in [1.29, 1.82) is 0 Å². The lowest BCUT2D eigenvalue weighted by Crippen LogP contribution is -2.57. The van der Waals surface area contributed by atoms with Crippen LogP contribution in [0.1, 0.15) is 32.3 Å². The molecule has 0 aliphatic carbocycles. The second-order valence-corrected chi connectivity index (χ2v) is 5.27. The van der Waals surface area contributed by atoms with Crippen molar-refractivity contribution in [2.24, 2.45) is 0 Å². The molecule has 0 bridgehead atoms. The molecular weight excluding hydrogens is 252 g/mol. The number of benzene rings is 1. The summed E-state index contributed by atoms with van der Waals surface area (Å²) in [5.41, 5.74) is 1.02. The fourth-order valence-electron chi connectivity index (χ4n) is 2.53. The number of nitrogens with one attached hydrogen (secondary N) is 1. The zero-order chi connectivity index (χ0) is 14.4. The molecule has 0 aromatic heterocycles. The third-order valence-electron chi connectivity index (χ3n) is 3.90. The minimum atomic E-state index is -0.194. The van der Waals surface area contributed by atoms with E-state index in [1.165, 1.54) is 0 Å². The number of rotatable bonds is 4. The van der Waals surface area contributed by atoms with Gasteiger partial charge in [0.1, 0.15) is 6.61 Å². The minimum absolute atomic E-state index is 0.194. The van der Waals surface area contributed by atoms with Gasteiger partial charge >= 0.3 is 6.09 Å². The molecule has 4 nitrogen and oxygen atoms in total. The van der Waals surface area contributed by atoms with Gasteiger partial charge in [-0.1, -0.05) is 44.2 Å². The highest BCUT2D eigenvalue weighted by Crippen LogP contribution is 2.14. The van der Waals surface area contributed by atoms with Crippen LogP contribution < -0.4 is 5.32 Å². The predicted octanol–water partition coefficient (Wildman–Crippen LogP) is 2.79. The number of piperazine rings is 1. The van der Waals surface area contributed by atoms with Gasteiger partial charge in [0.2, 0.25) is 0 Å². The zero-order valence-electron chi connectivity index (χ0n) is 12.3. The van der Waals surface area contributed by atoms with Crippen LogP contribution in [0.4, 0.5) is 4.79 Å². The Kier molecular flexibility index (Phi) is 5.41. The fraction of sp³-hybridized carbons (Fsp3) is 0.562. The first-order valence-corrected chi connectivity index (χ1v) is 7.45. The predicted molar refractivity (Wildman–Crippen MR) is 79.5 cm³/mol. The van der Waals surface area contributed by atoms with Crippen molar-refractivity contribution in [2.45, 2.75) is 45.4 Å². The quantitative estimate of drug-likeness (QED) is 0.919. The van der Waals surface area contributed by atoms with Crippen molar-refractivity contribution in [3.8, 4) is 0 Å². The number of carbonyl (C=O) groups is 1. The zero-order valence-corrected chi connectivity index (χ0v) is 12.3. The van der Waals surface area contributed by atoms with Crippen LogP contribution >= 0.6 is 0 Å². The number of hydrogen-bond donors (Lipinski definition) is 1. The summed E-state index contributed by atoms with van der Waals surface area (Å²) < 4.78 is 5.45. The summed E-state index contributed by atoms with van der Waals surface area (Å²) in [4.78, 5) is 14.2. The molecule has 1 saturated heterocycles. The summed E-state index contributed by atoms with van der Waals surface area (Å²) in [6.07, 6.45) is 1.78. The molecule has 1 aliphatic rings. The van der Waals surface area contributed by atoms with Crippen LogP contribution in [0.2, 0.25) is 0 Å². The average molecular weight is 276 g/mol.